The van der Waals surface area contributed by atoms with E-state index >= 15 is 0 Å². The van der Waals surface area contributed by atoms with Crippen LogP contribution in [0.2, 0.25) is 0 Å². The van der Waals surface area contributed by atoms with E-state index in [0.29, 0.717) is 6.42 Å². The summed E-state index contributed by atoms with van der Waals surface area (Å²) >= 11 is 4.17. The molecule has 49 heavy (non-hydrogen) atoms. The van der Waals surface area contributed by atoms with Crippen LogP contribution in [0.5, 0.6) is 0 Å². The fraction of sp³-hybridized carbons (Fsp3) is 0.405. The molecule has 3 aromatic carbocycles. The van der Waals surface area contributed by atoms with Crippen molar-refractivity contribution in [3.8, 4) is 0 Å². The van der Waals surface area contributed by atoms with Crippen LogP contribution in [-0.2, 0) is 28.7 Å². The molecule has 3 atom stereocenters. The number of thiol groups is 1. The number of esters is 2. The first-order valence-corrected chi connectivity index (χ1v) is 19.7. The van der Waals surface area contributed by atoms with E-state index in [1.807, 2.05) is 18.2 Å². The van der Waals surface area contributed by atoms with Crippen molar-refractivity contribution in [1.29, 1.82) is 0 Å². The topological polar surface area (TPSA) is 143 Å². The van der Waals surface area contributed by atoms with Gasteiger partial charge < -0.3 is 10.1 Å². The number of hydrogen-bond acceptors (Lipinski definition) is 9. The Morgan fingerprint density at radius 2 is 1.29 bits per heavy atom. The Hall–Kier alpha value is -3.76. The van der Waals surface area contributed by atoms with Crippen molar-refractivity contribution in [2.75, 3.05) is 31.7 Å². The van der Waals surface area contributed by atoms with Crippen molar-refractivity contribution in [1.82, 2.24) is 16.0 Å². The van der Waals surface area contributed by atoms with Crippen LogP contribution in [0.1, 0.15) is 46.0 Å². The standard InChI is InChI=1S/C37H50N3O7PS/c1-3-46-35(43)26-38-36(44)32(27-49)40-34(42)24-23-31(37(45)47-4-2)39-33(41)22-14-15-25-48(28-16-8-5-9-17-28,29-18-10-6-11-19-29)30-20-12-7-13-21-30/h5-13,16-21,31-32,34,40,42,48-49H,3-4,14-15,22-27H2,1-2H3,(H,38,44)(H,39,41)/t31-,32-,34?/m1/s1. The summed E-state index contributed by atoms with van der Waals surface area (Å²) < 4.78 is 10.0. The molecule has 2 amide bonds. The normalized spacial score (nSPS) is 13.4. The summed E-state index contributed by atoms with van der Waals surface area (Å²) in [7, 11) is -2.42. The number of aliphatic hydroxyl groups is 1. The number of rotatable bonds is 21. The van der Waals surface area contributed by atoms with Gasteiger partial charge in [0, 0.05) is 5.75 Å². The molecule has 0 radical (unpaired) electrons. The summed E-state index contributed by atoms with van der Waals surface area (Å²) in [6, 6.07) is 30.0. The predicted molar refractivity (Wildman–Crippen MR) is 199 cm³/mol. The predicted octanol–water partition coefficient (Wildman–Crippen LogP) is 2.60. The minimum atomic E-state index is -2.42. The van der Waals surface area contributed by atoms with Crippen molar-refractivity contribution in [3.05, 3.63) is 91.0 Å². The van der Waals surface area contributed by atoms with Gasteiger partial charge in [-0.15, -0.1) is 0 Å². The molecule has 0 heterocycles. The Balaban J connectivity index is 1.61. The molecule has 0 saturated carbocycles. The monoisotopic (exact) mass is 711 g/mol. The van der Waals surface area contributed by atoms with Crippen LogP contribution in [0.25, 0.3) is 0 Å². The molecule has 0 aliphatic rings. The summed E-state index contributed by atoms with van der Waals surface area (Å²) in [4.78, 5) is 49.9. The van der Waals surface area contributed by atoms with Crippen molar-refractivity contribution in [3.63, 3.8) is 0 Å². The molecule has 3 rings (SSSR count). The van der Waals surface area contributed by atoms with Gasteiger partial charge in [0.05, 0.1) is 6.61 Å². The zero-order valence-electron chi connectivity index (χ0n) is 28.3. The van der Waals surface area contributed by atoms with Crippen molar-refractivity contribution in [2.45, 2.75) is 64.3 Å². The van der Waals surface area contributed by atoms with Gasteiger partial charge in [-0.2, -0.15) is 12.6 Å². The van der Waals surface area contributed by atoms with Gasteiger partial charge in [-0.3, -0.25) is 9.59 Å². The number of amides is 2. The minimum absolute atomic E-state index is 0.0402. The number of ether oxygens (including phenoxy) is 2. The van der Waals surface area contributed by atoms with E-state index in [9.17, 15) is 24.3 Å². The maximum absolute atomic E-state index is 13.1. The zero-order chi connectivity index (χ0) is 35.5. The van der Waals surface area contributed by atoms with Gasteiger partial charge >= 0.3 is 232 Å². The van der Waals surface area contributed by atoms with Gasteiger partial charge in [-0.1, -0.05) is 0 Å². The van der Waals surface area contributed by atoms with E-state index in [-0.39, 0.29) is 50.7 Å². The number of nitrogens with one attached hydrogen (secondary N) is 3. The third-order valence-electron chi connectivity index (χ3n) is 8.25. The van der Waals surface area contributed by atoms with Crippen LogP contribution in [0.3, 0.4) is 0 Å². The van der Waals surface area contributed by atoms with Crippen molar-refractivity contribution >= 4 is 59.6 Å². The molecule has 0 bridgehead atoms. The molecule has 12 heteroatoms. The molecular weight excluding hydrogens is 661 g/mol. The summed E-state index contributed by atoms with van der Waals surface area (Å²) in [5, 5.41) is 22.5. The molecule has 0 spiro atoms. The fourth-order valence-electron chi connectivity index (χ4n) is 5.88. The van der Waals surface area contributed by atoms with E-state index in [2.05, 4.69) is 101 Å². The molecule has 0 aliphatic heterocycles. The molecule has 0 saturated heterocycles. The zero-order valence-corrected chi connectivity index (χ0v) is 30.2. The van der Waals surface area contributed by atoms with E-state index in [4.69, 9.17) is 9.47 Å². The van der Waals surface area contributed by atoms with Crippen LogP contribution >= 0.6 is 19.9 Å². The number of benzene rings is 3. The van der Waals surface area contributed by atoms with Gasteiger partial charge in [0.15, 0.2) is 0 Å². The van der Waals surface area contributed by atoms with Crippen molar-refractivity contribution < 1.29 is 33.8 Å². The molecule has 266 valence electrons. The first kappa shape index (κ1) is 39.7. The number of aliphatic hydroxyl groups excluding tert-OH is 1. The van der Waals surface area contributed by atoms with Crippen LogP contribution in [-0.4, -0.2) is 78.8 Å². The third-order valence-corrected chi connectivity index (χ3v) is 13.7. The summed E-state index contributed by atoms with van der Waals surface area (Å²) in [6.45, 7) is 3.37. The molecule has 0 aromatic heterocycles. The number of hydrogen-bond donors (Lipinski definition) is 5. The van der Waals surface area contributed by atoms with Crippen LogP contribution < -0.4 is 31.9 Å². The SMILES string of the molecule is CCOC(=O)CNC(=O)[C@@H](CS)NC(O)CC[C@@H](NC(=O)CCCC[PH](c1ccccc1)(c1ccccc1)c1ccccc1)C(=O)OCC. The molecule has 0 aliphatic carbocycles. The Kier molecular flexibility index (Phi) is 17.3. The number of unbranched alkanes of at least 4 members (excludes halogenated alkanes) is 1. The summed E-state index contributed by atoms with van der Waals surface area (Å²) in [5.41, 5.74) is 0. The van der Waals surface area contributed by atoms with E-state index in [1.54, 1.807) is 13.8 Å². The average molecular weight is 712 g/mol. The van der Waals surface area contributed by atoms with Crippen LogP contribution in [0.4, 0.5) is 0 Å². The first-order valence-electron chi connectivity index (χ1n) is 16.9. The van der Waals surface area contributed by atoms with Crippen molar-refractivity contribution in [2.24, 2.45) is 0 Å². The molecule has 3 aromatic rings. The average Bonchev–Trinajstić information content (AvgIpc) is 3.12. The van der Waals surface area contributed by atoms with Gasteiger partial charge in [0.2, 0.25) is 5.91 Å². The number of carbonyl (C=O) groups is 4. The van der Waals surface area contributed by atoms with Gasteiger partial charge in [-0.25, -0.2) is 0 Å². The molecule has 1 unspecified atom stereocenters. The van der Waals surface area contributed by atoms with E-state index < -0.39 is 43.4 Å². The number of carbonyl (C=O) groups excluding carboxylic acids is 4. The molecule has 10 nitrogen and oxygen atoms in total. The Bertz CT molecular complexity index is 1350. The van der Waals surface area contributed by atoms with E-state index in [0.717, 1.165) is 12.6 Å². The first-order chi connectivity index (χ1) is 23.7. The third kappa shape index (κ3) is 12.3. The molecule has 4 N–H and O–H groups in total. The van der Waals surface area contributed by atoms with Crippen LogP contribution in [0.15, 0.2) is 91.0 Å². The van der Waals surface area contributed by atoms with Crippen LogP contribution in [0, 0.1) is 0 Å². The van der Waals surface area contributed by atoms with E-state index in [1.165, 1.54) is 15.9 Å². The summed E-state index contributed by atoms with van der Waals surface area (Å²) in [6.07, 6.45) is 1.48. The van der Waals surface area contributed by atoms with Gasteiger partial charge in [0.25, 0.3) is 0 Å². The Labute approximate surface area is 295 Å². The molecule has 0 fully saturated rings. The fourth-order valence-corrected chi connectivity index (χ4v) is 11.1. The Morgan fingerprint density at radius 3 is 1.78 bits per heavy atom. The second-order valence-corrected chi connectivity index (χ2v) is 16.0. The second-order valence-electron chi connectivity index (χ2n) is 11.6. The Morgan fingerprint density at radius 1 is 0.755 bits per heavy atom. The summed E-state index contributed by atoms with van der Waals surface area (Å²) in [5.74, 6) is -1.93. The molecular formula is C37H50N3O7PS. The second kappa shape index (κ2) is 21.4. The van der Waals surface area contributed by atoms with Gasteiger partial charge in [0.1, 0.15) is 6.54 Å². The van der Waals surface area contributed by atoms with Gasteiger partial charge in [-0.05, 0) is 6.92 Å². The maximum atomic E-state index is 13.1. The quantitative estimate of drug-likeness (QED) is 0.0374.